The van der Waals surface area contributed by atoms with Crippen molar-refractivity contribution in [3.05, 3.63) is 53.1 Å². The van der Waals surface area contributed by atoms with E-state index in [1.165, 1.54) is 43.0 Å². The number of carbonyl (C=O) groups excluding carboxylic acids is 1. The van der Waals surface area contributed by atoms with Crippen molar-refractivity contribution < 1.29 is 14.3 Å². The maximum absolute atomic E-state index is 12.8. The summed E-state index contributed by atoms with van der Waals surface area (Å²) in [6.45, 7) is 2.58. The highest BCUT2D eigenvalue weighted by molar-refractivity contribution is 5.90. The monoisotopic (exact) mass is 450 g/mol. The first-order valence-electron chi connectivity index (χ1n) is 11.3. The van der Waals surface area contributed by atoms with E-state index in [9.17, 15) is 9.59 Å². The minimum absolute atomic E-state index is 0.0751. The summed E-state index contributed by atoms with van der Waals surface area (Å²) in [6.07, 6.45) is 6.11. The Balaban J connectivity index is 1.33. The highest BCUT2D eigenvalue weighted by atomic mass is 16.5. The molecule has 1 saturated heterocycles. The molecule has 0 aliphatic carbocycles. The van der Waals surface area contributed by atoms with Crippen LogP contribution in [0.1, 0.15) is 32.1 Å². The van der Waals surface area contributed by atoms with Crippen molar-refractivity contribution >= 4 is 28.2 Å². The molecule has 0 unspecified atom stereocenters. The number of anilines is 2. The maximum atomic E-state index is 12.8. The largest absolute Gasteiger partial charge is 0.493 e. The number of aryl methyl sites for hydroxylation is 1. The van der Waals surface area contributed by atoms with E-state index >= 15 is 0 Å². The minimum Gasteiger partial charge on any atom is -0.493 e. The molecule has 1 aliphatic heterocycles. The van der Waals surface area contributed by atoms with Crippen LogP contribution in [0.5, 0.6) is 11.5 Å². The average Bonchev–Trinajstić information content (AvgIpc) is 2.85. The predicted molar refractivity (Wildman–Crippen MR) is 129 cm³/mol. The van der Waals surface area contributed by atoms with Crippen LogP contribution in [0.4, 0.5) is 11.4 Å². The van der Waals surface area contributed by atoms with Crippen molar-refractivity contribution in [1.82, 2.24) is 9.55 Å². The first kappa shape index (κ1) is 22.6. The van der Waals surface area contributed by atoms with Gasteiger partial charge >= 0.3 is 0 Å². The number of amides is 1. The highest BCUT2D eigenvalue weighted by Crippen LogP contribution is 2.29. The number of carbonyl (C=O) groups is 1. The highest BCUT2D eigenvalue weighted by Gasteiger charge is 2.13. The first-order chi connectivity index (χ1) is 16.1. The number of ether oxygens (including phenoxy) is 2. The van der Waals surface area contributed by atoms with Gasteiger partial charge in [0.25, 0.3) is 5.56 Å². The summed E-state index contributed by atoms with van der Waals surface area (Å²) in [7, 11) is 3.07. The lowest BCUT2D eigenvalue weighted by molar-refractivity contribution is -0.116. The van der Waals surface area contributed by atoms with Gasteiger partial charge in [0.1, 0.15) is 0 Å². The Kier molecular flexibility index (Phi) is 7.12. The van der Waals surface area contributed by atoms with E-state index in [0.29, 0.717) is 41.8 Å². The molecule has 2 aromatic carbocycles. The van der Waals surface area contributed by atoms with Gasteiger partial charge in [0, 0.05) is 43.5 Å². The topological polar surface area (TPSA) is 85.7 Å². The summed E-state index contributed by atoms with van der Waals surface area (Å²) in [5.41, 5.74) is 2.35. The Bertz CT molecular complexity index is 1170. The standard InChI is InChI=1S/C25H30N4O4/c1-32-22-15-20-21(16-23(22)33-2)26-17-29(25(20)31)14-6-7-24(30)27-18-8-10-19(11-9-18)28-12-4-3-5-13-28/h8-11,15-17H,3-7,12-14H2,1-2H3,(H,27,30). The number of benzene rings is 2. The Morgan fingerprint density at radius 2 is 1.73 bits per heavy atom. The fourth-order valence-corrected chi connectivity index (χ4v) is 4.19. The molecular formula is C25H30N4O4. The number of rotatable bonds is 8. The van der Waals surface area contributed by atoms with Crippen molar-refractivity contribution in [2.75, 3.05) is 37.5 Å². The Morgan fingerprint density at radius 3 is 2.42 bits per heavy atom. The van der Waals surface area contributed by atoms with Gasteiger partial charge in [0.05, 0.1) is 31.4 Å². The molecule has 0 radical (unpaired) electrons. The number of nitrogens with one attached hydrogen (secondary N) is 1. The second kappa shape index (κ2) is 10.4. The third-order valence-corrected chi connectivity index (χ3v) is 6.00. The van der Waals surface area contributed by atoms with Gasteiger partial charge in [-0.3, -0.25) is 14.2 Å². The molecule has 0 spiro atoms. The fourth-order valence-electron chi connectivity index (χ4n) is 4.19. The van der Waals surface area contributed by atoms with Gasteiger partial charge in [-0.25, -0.2) is 4.98 Å². The first-order valence-corrected chi connectivity index (χ1v) is 11.3. The molecule has 1 amide bonds. The van der Waals surface area contributed by atoms with Crippen LogP contribution in [0.25, 0.3) is 10.9 Å². The number of hydrogen-bond acceptors (Lipinski definition) is 6. The van der Waals surface area contributed by atoms with Crippen molar-refractivity contribution in [3.8, 4) is 11.5 Å². The molecular weight excluding hydrogens is 420 g/mol. The SMILES string of the molecule is COc1cc2ncn(CCCC(=O)Nc3ccc(N4CCCCC4)cc3)c(=O)c2cc1OC. The molecule has 1 aromatic heterocycles. The normalized spacial score (nSPS) is 13.7. The van der Waals surface area contributed by atoms with Gasteiger partial charge in [-0.1, -0.05) is 0 Å². The van der Waals surface area contributed by atoms with Crippen molar-refractivity contribution in [1.29, 1.82) is 0 Å². The summed E-state index contributed by atoms with van der Waals surface area (Å²) in [5, 5.41) is 3.39. The quantitative estimate of drug-likeness (QED) is 0.562. The molecule has 0 bridgehead atoms. The van der Waals surface area contributed by atoms with Gasteiger partial charge in [0.15, 0.2) is 11.5 Å². The number of nitrogens with zero attached hydrogens (tertiary/aromatic N) is 3. The average molecular weight is 451 g/mol. The third-order valence-electron chi connectivity index (χ3n) is 6.00. The second-order valence-electron chi connectivity index (χ2n) is 8.21. The molecule has 0 atom stereocenters. The third kappa shape index (κ3) is 5.27. The van der Waals surface area contributed by atoms with Crippen molar-refractivity contribution in [2.24, 2.45) is 0 Å². The smallest absolute Gasteiger partial charge is 0.261 e. The van der Waals surface area contributed by atoms with Gasteiger partial charge < -0.3 is 19.7 Å². The summed E-state index contributed by atoms with van der Waals surface area (Å²) in [5.74, 6) is 0.927. The predicted octanol–water partition coefficient (Wildman–Crippen LogP) is 3.82. The lowest BCUT2D eigenvalue weighted by atomic mass is 10.1. The van der Waals surface area contributed by atoms with E-state index in [-0.39, 0.29) is 11.5 Å². The summed E-state index contributed by atoms with van der Waals surface area (Å²) < 4.78 is 12.1. The minimum atomic E-state index is -0.172. The van der Waals surface area contributed by atoms with Crippen LogP contribution in [0, 0.1) is 0 Å². The van der Waals surface area contributed by atoms with Crippen LogP contribution < -0.4 is 25.2 Å². The van der Waals surface area contributed by atoms with Crippen molar-refractivity contribution in [3.63, 3.8) is 0 Å². The van der Waals surface area contributed by atoms with Gasteiger partial charge in [-0.05, 0) is 56.0 Å². The molecule has 4 rings (SSSR count). The zero-order valence-corrected chi connectivity index (χ0v) is 19.2. The van der Waals surface area contributed by atoms with Crippen LogP contribution in [0.15, 0.2) is 47.5 Å². The van der Waals surface area contributed by atoms with Crippen LogP contribution >= 0.6 is 0 Å². The number of aromatic nitrogens is 2. The molecule has 8 nitrogen and oxygen atoms in total. The number of fused-ring (bicyclic) bond motifs is 1. The van der Waals surface area contributed by atoms with Crippen LogP contribution in [-0.4, -0.2) is 42.8 Å². The second-order valence-corrected chi connectivity index (χ2v) is 8.21. The van der Waals surface area contributed by atoms with Crippen LogP contribution in [0.3, 0.4) is 0 Å². The summed E-state index contributed by atoms with van der Waals surface area (Å²) in [6, 6.07) is 11.3. The molecule has 8 heteroatoms. The Morgan fingerprint density at radius 1 is 1.03 bits per heavy atom. The molecule has 33 heavy (non-hydrogen) atoms. The van der Waals surface area contributed by atoms with E-state index in [4.69, 9.17) is 9.47 Å². The van der Waals surface area contributed by atoms with Gasteiger partial charge in [-0.2, -0.15) is 0 Å². The van der Waals surface area contributed by atoms with E-state index in [0.717, 1.165) is 18.8 Å². The molecule has 1 N–H and O–H groups in total. The Hall–Kier alpha value is -3.55. The lowest BCUT2D eigenvalue weighted by Crippen LogP contribution is -2.29. The van der Waals surface area contributed by atoms with Crippen LogP contribution in [0.2, 0.25) is 0 Å². The van der Waals surface area contributed by atoms with Gasteiger partial charge in [-0.15, -0.1) is 0 Å². The number of hydrogen-bond donors (Lipinski definition) is 1. The van der Waals surface area contributed by atoms with E-state index in [2.05, 4.69) is 27.3 Å². The number of methoxy groups -OCH3 is 2. The summed E-state index contributed by atoms with van der Waals surface area (Å²) >= 11 is 0. The number of piperidine rings is 1. The molecule has 174 valence electrons. The maximum Gasteiger partial charge on any atom is 0.261 e. The molecule has 1 fully saturated rings. The van der Waals surface area contributed by atoms with E-state index in [1.807, 2.05) is 12.1 Å². The molecule has 2 heterocycles. The lowest BCUT2D eigenvalue weighted by Gasteiger charge is -2.28. The van der Waals surface area contributed by atoms with Crippen LogP contribution in [-0.2, 0) is 11.3 Å². The van der Waals surface area contributed by atoms with Gasteiger partial charge in [0.2, 0.25) is 5.91 Å². The van der Waals surface area contributed by atoms with Crippen molar-refractivity contribution in [2.45, 2.75) is 38.6 Å². The summed E-state index contributed by atoms with van der Waals surface area (Å²) in [4.78, 5) is 32.0. The molecule has 0 saturated carbocycles. The van der Waals surface area contributed by atoms with E-state index in [1.54, 1.807) is 19.2 Å². The zero-order valence-electron chi connectivity index (χ0n) is 19.2. The zero-order chi connectivity index (χ0) is 23.2. The Labute approximate surface area is 193 Å². The van der Waals surface area contributed by atoms with E-state index < -0.39 is 0 Å². The fraction of sp³-hybridized carbons (Fsp3) is 0.400. The molecule has 3 aromatic rings. The molecule has 1 aliphatic rings.